The third-order valence-corrected chi connectivity index (χ3v) is 4.67. The van der Waals surface area contributed by atoms with Crippen LogP contribution in [0.3, 0.4) is 0 Å². The normalized spacial score (nSPS) is 12.2. The molecule has 6 nitrogen and oxygen atoms in total. The van der Waals surface area contributed by atoms with Crippen LogP contribution in [0, 0.1) is 0 Å². The van der Waals surface area contributed by atoms with Crippen LogP contribution in [-0.4, -0.2) is 46.2 Å². The number of rotatable bonds is 7. The monoisotopic (exact) mass is 354 g/mol. The summed E-state index contributed by atoms with van der Waals surface area (Å²) in [4.78, 5) is 12.0. The van der Waals surface area contributed by atoms with Crippen LogP contribution in [0.2, 0.25) is 5.02 Å². The summed E-state index contributed by atoms with van der Waals surface area (Å²) in [5.41, 5.74) is 0.813. The van der Waals surface area contributed by atoms with E-state index in [4.69, 9.17) is 16.3 Å². The van der Waals surface area contributed by atoms with E-state index in [-0.39, 0.29) is 11.2 Å². The van der Waals surface area contributed by atoms with Crippen molar-refractivity contribution in [1.82, 2.24) is 20.1 Å². The molecule has 0 aliphatic rings. The molecule has 2 aromatic rings. The molecule has 1 N–H and O–H groups in total. The zero-order valence-corrected chi connectivity index (χ0v) is 14.8. The minimum absolute atomic E-state index is 0.0608. The standard InChI is InChI=1S/C15H19ClN4O2S/c1-10(14(21)17-8-9-22-3)23-15-19-18-13(20(15)2)11-6-4-5-7-12(11)16/h4-7,10H,8-9H2,1-3H3,(H,17,21)/t10-/m1/s1. The fourth-order valence-corrected chi connectivity index (χ4v) is 2.99. The van der Waals surface area contributed by atoms with Gasteiger partial charge in [-0.05, 0) is 19.1 Å². The van der Waals surface area contributed by atoms with Gasteiger partial charge in [0.15, 0.2) is 11.0 Å². The predicted octanol–water partition coefficient (Wildman–Crippen LogP) is 2.38. The largest absolute Gasteiger partial charge is 0.383 e. The van der Waals surface area contributed by atoms with Gasteiger partial charge in [0.05, 0.1) is 16.9 Å². The van der Waals surface area contributed by atoms with E-state index in [0.29, 0.717) is 29.2 Å². The van der Waals surface area contributed by atoms with Crippen molar-refractivity contribution in [2.75, 3.05) is 20.3 Å². The van der Waals surface area contributed by atoms with Gasteiger partial charge < -0.3 is 14.6 Å². The van der Waals surface area contributed by atoms with E-state index in [0.717, 1.165) is 5.56 Å². The van der Waals surface area contributed by atoms with Crippen LogP contribution in [-0.2, 0) is 16.6 Å². The summed E-state index contributed by atoms with van der Waals surface area (Å²) in [6, 6.07) is 7.46. The minimum Gasteiger partial charge on any atom is -0.383 e. The molecule has 0 spiro atoms. The molecule has 23 heavy (non-hydrogen) atoms. The molecule has 2 rings (SSSR count). The van der Waals surface area contributed by atoms with Crippen LogP contribution < -0.4 is 5.32 Å². The highest BCUT2D eigenvalue weighted by atomic mass is 35.5. The van der Waals surface area contributed by atoms with Gasteiger partial charge >= 0.3 is 0 Å². The lowest BCUT2D eigenvalue weighted by molar-refractivity contribution is -0.120. The highest BCUT2D eigenvalue weighted by molar-refractivity contribution is 8.00. The molecule has 1 amide bonds. The summed E-state index contributed by atoms with van der Waals surface area (Å²) in [5.74, 6) is 0.611. The van der Waals surface area contributed by atoms with Crippen molar-refractivity contribution in [2.45, 2.75) is 17.3 Å². The number of carbonyl (C=O) groups excluding carboxylic acids is 1. The van der Waals surface area contributed by atoms with E-state index in [2.05, 4.69) is 15.5 Å². The molecule has 0 fully saturated rings. The van der Waals surface area contributed by atoms with Gasteiger partial charge in [-0.2, -0.15) is 0 Å². The van der Waals surface area contributed by atoms with Gasteiger partial charge in [-0.3, -0.25) is 4.79 Å². The number of nitrogens with one attached hydrogen (secondary N) is 1. The van der Waals surface area contributed by atoms with Crippen LogP contribution in [0.25, 0.3) is 11.4 Å². The third-order valence-electron chi connectivity index (χ3n) is 3.21. The number of thioether (sulfide) groups is 1. The van der Waals surface area contributed by atoms with Gasteiger partial charge in [-0.1, -0.05) is 35.5 Å². The van der Waals surface area contributed by atoms with Crippen LogP contribution in [0.5, 0.6) is 0 Å². The Labute approximate surface area is 144 Å². The molecule has 0 aliphatic heterocycles. The molecular weight excluding hydrogens is 336 g/mol. The van der Waals surface area contributed by atoms with E-state index in [1.807, 2.05) is 42.8 Å². The molecular formula is C15H19ClN4O2S. The van der Waals surface area contributed by atoms with Gasteiger partial charge in [-0.15, -0.1) is 10.2 Å². The lowest BCUT2D eigenvalue weighted by Gasteiger charge is -2.11. The quantitative estimate of drug-likeness (QED) is 0.610. The number of halogens is 1. The Hall–Kier alpha value is -1.57. The van der Waals surface area contributed by atoms with Gasteiger partial charge in [0.1, 0.15) is 0 Å². The zero-order chi connectivity index (χ0) is 16.8. The van der Waals surface area contributed by atoms with Crippen LogP contribution in [0.1, 0.15) is 6.92 Å². The van der Waals surface area contributed by atoms with Gasteiger partial charge in [0, 0.05) is 26.3 Å². The first kappa shape index (κ1) is 17.8. The Kier molecular flexibility index (Phi) is 6.44. The molecule has 1 heterocycles. The maximum absolute atomic E-state index is 12.0. The zero-order valence-electron chi connectivity index (χ0n) is 13.2. The number of carbonyl (C=O) groups is 1. The van der Waals surface area contributed by atoms with Crippen molar-refractivity contribution in [3.63, 3.8) is 0 Å². The summed E-state index contributed by atoms with van der Waals surface area (Å²) in [6.07, 6.45) is 0. The second kappa shape index (κ2) is 8.33. The summed E-state index contributed by atoms with van der Waals surface area (Å²) >= 11 is 7.55. The first-order valence-electron chi connectivity index (χ1n) is 7.12. The second-order valence-electron chi connectivity index (χ2n) is 4.89. The summed E-state index contributed by atoms with van der Waals surface area (Å²) in [7, 11) is 3.46. The lowest BCUT2D eigenvalue weighted by atomic mass is 10.2. The average molecular weight is 355 g/mol. The Morgan fingerprint density at radius 3 is 2.87 bits per heavy atom. The van der Waals surface area contributed by atoms with E-state index in [9.17, 15) is 4.79 Å². The molecule has 0 radical (unpaired) electrons. The number of aromatic nitrogens is 3. The van der Waals surface area contributed by atoms with E-state index in [1.54, 1.807) is 7.11 Å². The van der Waals surface area contributed by atoms with E-state index in [1.165, 1.54) is 11.8 Å². The molecule has 1 atom stereocenters. The number of hydrogen-bond acceptors (Lipinski definition) is 5. The van der Waals surface area contributed by atoms with E-state index < -0.39 is 0 Å². The average Bonchev–Trinajstić information content (AvgIpc) is 2.89. The first-order chi connectivity index (χ1) is 11.0. The molecule has 0 aliphatic carbocycles. The molecule has 1 aromatic heterocycles. The number of nitrogens with zero attached hydrogens (tertiary/aromatic N) is 3. The van der Waals surface area contributed by atoms with Crippen molar-refractivity contribution in [1.29, 1.82) is 0 Å². The van der Waals surface area contributed by atoms with Crippen molar-refractivity contribution < 1.29 is 9.53 Å². The third kappa shape index (κ3) is 4.46. The SMILES string of the molecule is COCCNC(=O)[C@@H](C)Sc1nnc(-c2ccccc2Cl)n1C. The smallest absolute Gasteiger partial charge is 0.233 e. The van der Waals surface area contributed by atoms with E-state index >= 15 is 0 Å². The Morgan fingerprint density at radius 1 is 1.43 bits per heavy atom. The summed E-state index contributed by atoms with van der Waals surface area (Å²) in [5, 5.41) is 12.2. The Bertz CT molecular complexity index is 677. The topological polar surface area (TPSA) is 69.0 Å². The lowest BCUT2D eigenvalue weighted by Crippen LogP contribution is -2.33. The number of hydrogen-bond donors (Lipinski definition) is 1. The summed E-state index contributed by atoms with van der Waals surface area (Å²) < 4.78 is 6.75. The second-order valence-corrected chi connectivity index (χ2v) is 6.60. The van der Waals surface area contributed by atoms with Crippen molar-refractivity contribution in [2.24, 2.45) is 7.05 Å². The first-order valence-corrected chi connectivity index (χ1v) is 8.38. The number of methoxy groups -OCH3 is 1. The Balaban J connectivity index is 2.08. The molecule has 0 unspecified atom stereocenters. The molecule has 124 valence electrons. The van der Waals surface area contributed by atoms with Crippen LogP contribution >= 0.6 is 23.4 Å². The van der Waals surface area contributed by atoms with Crippen LogP contribution in [0.15, 0.2) is 29.4 Å². The Morgan fingerprint density at radius 2 is 2.17 bits per heavy atom. The predicted molar refractivity (Wildman–Crippen MR) is 91.7 cm³/mol. The highest BCUT2D eigenvalue weighted by Gasteiger charge is 2.19. The van der Waals surface area contributed by atoms with Crippen molar-refractivity contribution in [3.05, 3.63) is 29.3 Å². The van der Waals surface area contributed by atoms with Gasteiger partial charge in [0.25, 0.3) is 0 Å². The fraction of sp³-hybridized carbons (Fsp3) is 0.400. The fourth-order valence-electron chi connectivity index (χ4n) is 1.93. The molecule has 0 bridgehead atoms. The van der Waals surface area contributed by atoms with Gasteiger partial charge in [-0.25, -0.2) is 0 Å². The van der Waals surface area contributed by atoms with Crippen LogP contribution in [0.4, 0.5) is 0 Å². The maximum atomic E-state index is 12.0. The molecule has 8 heteroatoms. The number of ether oxygens (including phenoxy) is 1. The molecule has 0 saturated heterocycles. The van der Waals surface area contributed by atoms with Crippen molar-refractivity contribution in [3.8, 4) is 11.4 Å². The molecule has 0 saturated carbocycles. The van der Waals surface area contributed by atoms with Gasteiger partial charge in [0.2, 0.25) is 5.91 Å². The minimum atomic E-state index is -0.283. The summed E-state index contributed by atoms with van der Waals surface area (Å²) in [6.45, 7) is 2.81. The number of benzene rings is 1. The van der Waals surface area contributed by atoms with Crippen molar-refractivity contribution >= 4 is 29.3 Å². The maximum Gasteiger partial charge on any atom is 0.233 e. The highest BCUT2D eigenvalue weighted by Crippen LogP contribution is 2.29. The molecule has 1 aromatic carbocycles. The number of amides is 1.